The summed E-state index contributed by atoms with van der Waals surface area (Å²) in [5.74, 6) is 0. The molecule has 14 heavy (non-hydrogen) atoms. The van der Waals surface area contributed by atoms with E-state index in [1.807, 2.05) is 18.2 Å². The van der Waals surface area contributed by atoms with Gasteiger partial charge in [0.05, 0.1) is 12.2 Å². The van der Waals surface area contributed by atoms with Gasteiger partial charge in [-0.25, -0.2) is 4.79 Å². The number of carbonyl (C=O) groups is 1. The minimum Gasteiger partial charge on any atom is -0.351 e. The number of urea groups is 1. The Morgan fingerprint density at radius 2 is 2.29 bits per heavy atom. The Balaban J connectivity index is 2.60. The van der Waals surface area contributed by atoms with Crippen LogP contribution in [0.15, 0.2) is 24.4 Å². The Hall–Kier alpha value is -1.62. The SMILES string of the molecule is NCCN(Cc1ccccn1)C(N)=O. The lowest BCUT2D eigenvalue weighted by molar-refractivity contribution is 0.206. The van der Waals surface area contributed by atoms with E-state index in [9.17, 15) is 4.79 Å². The molecule has 0 radical (unpaired) electrons. The Kier molecular flexibility index (Phi) is 3.87. The van der Waals surface area contributed by atoms with Crippen LogP contribution in [-0.2, 0) is 6.54 Å². The minimum atomic E-state index is -0.471. The summed E-state index contributed by atoms with van der Waals surface area (Å²) in [7, 11) is 0. The average molecular weight is 194 g/mol. The fraction of sp³-hybridized carbons (Fsp3) is 0.333. The van der Waals surface area contributed by atoms with Gasteiger partial charge in [-0.15, -0.1) is 0 Å². The van der Waals surface area contributed by atoms with E-state index in [4.69, 9.17) is 11.5 Å². The summed E-state index contributed by atoms with van der Waals surface area (Å²) in [5, 5.41) is 0. The van der Waals surface area contributed by atoms with Crippen LogP contribution >= 0.6 is 0 Å². The topological polar surface area (TPSA) is 85.2 Å². The number of carbonyl (C=O) groups excluding carboxylic acids is 1. The first-order chi connectivity index (χ1) is 6.74. The zero-order valence-corrected chi connectivity index (χ0v) is 7.89. The molecular weight excluding hydrogens is 180 g/mol. The van der Waals surface area contributed by atoms with Gasteiger partial charge in [0.15, 0.2) is 0 Å². The molecule has 5 heteroatoms. The van der Waals surface area contributed by atoms with Gasteiger partial charge < -0.3 is 16.4 Å². The highest BCUT2D eigenvalue weighted by atomic mass is 16.2. The summed E-state index contributed by atoms with van der Waals surface area (Å²) in [4.78, 5) is 16.5. The lowest BCUT2D eigenvalue weighted by Crippen LogP contribution is -2.38. The highest BCUT2D eigenvalue weighted by Gasteiger charge is 2.08. The summed E-state index contributed by atoms with van der Waals surface area (Å²) >= 11 is 0. The van der Waals surface area contributed by atoms with Crippen LogP contribution < -0.4 is 11.5 Å². The first-order valence-corrected chi connectivity index (χ1v) is 4.38. The molecule has 0 bridgehead atoms. The van der Waals surface area contributed by atoms with Crippen molar-refractivity contribution in [3.63, 3.8) is 0 Å². The van der Waals surface area contributed by atoms with Crippen molar-refractivity contribution in [2.24, 2.45) is 11.5 Å². The molecule has 0 aliphatic rings. The predicted molar refractivity (Wildman–Crippen MR) is 53.3 cm³/mol. The Morgan fingerprint density at radius 1 is 1.50 bits per heavy atom. The summed E-state index contributed by atoms with van der Waals surface area (Å²) in [6.45, 7) is 1.26. The van der Waals surface area contributed by atoms with Crippen molar-refractivity contribution in [1.29, 1.82) is 0 Å². The maximum absolute atomic E-state index is 11.0. The molecule has 4 N–H and O–H groups in total. The zero-order chi connectivity index (χ0) is 10.4. The fourth-order valence-corrected chi connectivity index (χ4v) is 1.11. The van der Waals surface area contributed by atoms with E-state index >= 15 is 0 Å². The molecule has 0 atom stereocenters. The lowest BCUT2D eigenvalue weighted by Gasteiger charge is -2.18. The summed E-state index contributed by atoms with van der Waals surface area (Å²) in [6.07, 6.45) is 1.68. The molecule has 76 valence electrons. The molecule has 1 aromatic heterocycles. The molecule has 0 saturated heterocycles. The van der Waals surface area contributed by atoms with Crippen LogP contribution in [0.1, 0.15) is 5.69 Å². The van der Waals surface area contributed by atoms with Crippen molar-refractivity contribution in [3.05, 3.63) is 30.1 Å². The second-order valence-electron chi connectivity index (χ2n) is 2.87. The van der Waals surface area contributed by atoms with E-state index < -0.39 is 6.03 Å². The first-order valence-electron chi connectivity index (χ1n) is 4.38. The van der Waals surface area contributed by atoms with Crippen LogP contribution in [0.2, 0.25) is 0 Å². The van der Waals surface area contributed by atoms with E-state index in [1.54, 1.807) is 6.20 Å². The van der Waals surface area contributed by atoms with E-state index in [-0.39, 0.29) is 0 Å². The molecular formula is C9H14N4O. The van der Waals surface area contributed by atoms with E-state index in [1.165, 1.54) is 4.90 Å². The van der Waals surface area contributed by atoms with Crippen molar-refractivity contribution in [2.75, 3.05) is 13.1 Å². The molecule has 0 aliphatic carbocycles. The van der Waals surface area contributed by atoms with Gasteiger partial charge in [0.2, 0.25) is 0 Å². The second-order valence-corrected chi connectivity index (χ2v) is 2.87. The normalized spacial score (nSPS) is 9.79. The van der Waals surface area contributed by atoms with Crippen molar-refractivity contribution in [1.82, 2.24) is 9.88 Å². The summed E-state index contributed by atoms with van der Waals surface area (Å²) in [5.41, 5.74) is 11.3. The summed E-state index contributed by atoms with van der Waals surface area (Å²) in [6, 6.07) is 5.05. The zero-order valence-electron chi connectivity index (χ0n) is 7.89. The van der Waals surface area contributed by atoms with Gasteiger partial charge >= 0.3 is 6.03 Å². The van der Waals surface area contributed by atoms with Crippen LogP contribution in [0, 0.1) is 0 Å². The third-order valence-corrected chi connectivity index (χ3v) is 1.79. The van der Waals surface area contributed by atoms with Gasteiger partial charge in [-0.05, 0) is 12.1 Å². The van der Waals surface area contributed by atoms with E-state index in [0.717, 1.165) is 5.69 Å². The van der Waals surface area contributed by atoms with Gasteiger partial charge in [-0.2, -0.15) is 0 Å². The Bertz CT molecular complexity index is 288. The quantitative estimate of drug-likeness (QED) is 0.703. The highest BCUT2D eigenvalue weighted by molar-refractivity contribution is 5.71. The van der Waals surface area contributed by atoms with Crippen molar-refractivity contribution < 1.29 is 4.79 Å². The number of hydrogen-bond donors (Lipinski definition) is 2. The maximum atomic E-state index is 11.0. The van der Waals surface area contributed by atoms with Gasteiger partial charge in [-0.1, -0.05) is 6.07 Å². The average Bonchev–Trinajstić information content (AvgIpc) is 2.18. The molecule has 0 aliphatic heterocycles. The van der Waals surface area contributed by atoms with Crippen molar-refractivity contribution in [3.8, 4) is 0 Å². The molecule has 1 heterocycles. The van der Waals surface area contributed by atoms with Gasteiger partial charge in [-0.3, -0.25) is 4.98 Å². The minimum absolute atomic E-state index is 0.399. The van der Waals surface area contributed by atoms with Crippen LogP contribution in [-0.4, -0.2) is 29.0 Å². The predicted octanol–water partition coefficient (Wildman–Crippen LogP) is -0.0790. The number of primary amides is 1. The fourth-order valence-electron chi connectivity index (χ4n) is 1.11. The molecule has 0 fully saturated rings. The smallest absolute Gasteiger partial charge is 0.315 e. The third kappa shape index (κ3) is 3.02. The molecule has 0 unspecified atom stereocenters. The standard InChI is InChI=1S/C9H14N4O/c10-4-6-13(9(11)14)7-8-3-1-2-5-12-8/h1-3,5H,4,6-7,10H2,(H2,11,14). The molecule has 0 spiro atoms. The second kappa shape index (κ2) is 5.18. The monoisotopic (exact) mass is 194 g/mol. The number of aromatic nitrogens is 1. The Labute approximate surface area is 82.7 Å². The number of hydrogen-bond acceptors (Lipinski definition) is 3. The highest BCUT2D eigenvalue weighted by Crippen LogP contribution is 1.99. The van der Waals surface area contributed by atoms with Crippen LogP contribution in [0.25, 0.3) is 0 Å². The number of nitrogens with two attached hydrogens (primary N) is 2. The third-order valence-electron chi connectivity index (χ3n) is 1.79. The van der Waals surface area contributed by atoms with Crippen LogP contribution in [0.4, 0.5) is 4.79 Å². The Morgan fingerprint density at radius 3 is 2.79 bits per heavy atom. The first kappa shape index (κ1) is 10.5. The van der Waals surface area contributed by atoms with Crippen molar-refractivity contribution >= 4 is 6.03 Å². The number of rotatable bonds is 4. The molecule has 0 aromatic carbocycles. The lowest BCUT2D eigenvalue weighted by atomic mass is 10.3. The van der Waals surface area contributed by atoms with E-state index in [0.29, 0.717) is 19.6 Å². The molecule has 0 saturated carbocycles. The summed E-state index contributed by atoms with van der Waals surface area (Å²) < 4.78 is 0. The van der Waals surface area contributed by atoms with Crippen LogP contribution in [0.3, 0.4) is 0 Å². The molecule has 2 amide bonds. The molecule has 1 aromatic rings. The largest absolute Gasteiger partial charge is 0.351 e. The maximum Gasteiger partial charge on any atom is 0.315 e. The van der Waals surface area contributed by atoms with Crippen molar-refractivity contribution in [2.45, 2.75) is 6.54 Å². The number of amides is 2. The van der Waals surface area contributed by atoms with Gasteiger partial charge in [0.25, 0.3) is 0 Å². The van der Waals surface area contributed by atoms with E-state index in [2.05, 4.69) is 4.98 Å². The van der Waals surface area contributed by atoms with Gasteiger partial charge in [0.1, 0.15) is 0 Å². The molecule has 5 nitrogen and oxygen atoms in total. The van der Waals surface area contributed by atoms with Gasteiger partial charge in [0, 0.05) is 19.3 Å². The molecule has 1 rings (SSSR count). The number of nitrogens with zero attached hydrogens (tertiary/aromatic N) is 2. The van der Waals surface area contributed by atoms with Crippen LogP contribution in [0.5, 0.6) is 0 Å². The number of pyridine rings is 1.